The van der Waals surface area contributed by atoms with Gasteiger partial charge in [-0.1, -0.05) is 42.5 Å². The summed E-state index contributed by atoms with van der Waals surface area (Å²) in [5.41, 5.74) is 1.62. The van der Waals surface area contributed by atoms with E-state index in [1.807, 2.05) is 18.2 Å². The number of Topliss-reactive ketones (excluding diaryl/α,β-unsaturated/α-hetero) is 1. The van der Waals surface area contributed by atoms with Crippen LogP contribution in [0.25, 0.3) is 0 Å². The lowest BCUT2D eigenvalue weighted by atomic mass is 10.1. The number of benzene rings is 2. The Balaban J connectivity index is 1.40. The van der Waals surface area contributed by atoms with Gasteiger partial charge in [-0.25, -0.2) is 4.79 Å². The third kappa shape index (κ3) is 4.28. The van der Waals surface area contributed by atoms with Crippen LogP contribution in [0.15, 0.2) is 54.6 Å². The first kappa shape index (κ1) is 18.5. The maximum absolute atomic E-state index is 12.2. The largest absolute Gasteiger partial charge is 0.455 e. The van der Waals surface area contributed by atoms with Crippen LogP contribution < -0.4 is 0 Å². The highest BCUT2D eigenvalue weighted by atomic mass is 16.5. The molecule has 0 aliphatic carbocycles. The molecule has 6 nitrogen and oxygen atoms in total. The standard InChI is InChI=1S/C21H19NO5/c23-18(21(26)27-14-15-8-2-1-3-9-15)12-6-7-13-22-19(24)16-10-4-5-11-17(16)20(22)25/h1-5,8-11H,6-7,12-14H2. The Bertz CT molecular complexity index is 840. The molecule has 0 spiro atoms. The Morgan fingerprint density at radius 3 is 2.04 bits per heavy atom. The van der Waals surface area contributed by atoms with Gasteiger partial charge in [0.2, 0.25) is 5.78 Å². The van der Waals surface area contributed by atoms with E-state index >= 15 is 0 Å². The SMILES string of the molecule is O=C(CCCCN1C(=O)c2ccccc2C1=O)C(=O)OCc1ccccc1. The zero-order valence-corrected chi connectivity index (χ0v) is 14.7. The first-order chi connectivity index (χ1) is 13.1. The molecular formula is C21H19NO5. The number of carbonyl (C=O) groups is 4. The minimum absolute atomic E-state index is 0.0246. The van der Waals surface area contributed by atoms with Gasteiger partial charge in [-0.05, 0) is 30.5 Å². The van der Waals surface area contributed by atoms with Crippen molar-refractivity contribution in [3.8, 4) is 0 Å². The van der Waals surface area contributed by atoms with Crippen molar-refractivity contribution >= 4 is 23.6 Å². The van der Waals surface area contributed by atoms with Gasteiger partial charge in [0.1, 0.15) is 6.61 Å². The van der Waals surface area contributed by atoms with Gasteiger partial charge >= 0.3 is 5.97 Å². The zero-order valence-electron chi connectivity index (χ0n) is 14.7. The number of esters is 1. The Morgan fingerprint density at radius 2 is 1.41 bits per heavy atom. The van der Waals surface area contributed by atoms with Crippen LogP contribution in [0.4, 0.5) is 0 Å². The fourth-order valence-electron chi connectivity index (χ4n) is 2.90. The van der Waals surface area contributed by atoms with Crippen molar-refractivity contribution in [2.45, 2.75) is 25.9 Å². The molecule has 6 heteroatoms. The van der Waals surface area contributed by atoms with Gasteiger partial charge in [0.15, 0.2) is 0 Å². The normalized spacial score (nSPS) is 12.8. The number of hydrogen-bond acceptors (Lipinski definition) is 5. The summed E-state index contributed by atoms with van der Waals surface area (Å²) >= 11 is 0. The molecule has 0 aromatic heterocycles. The number of unbranched alkanes of at least 4 members (excludes halogenated alkanes) is 1. The van der Waals surface area contributed by atoms with Crippen molar-refractivity contribution in [2.75, 3.05) is 6.54 Å². The van der Waals surface area contributed by atoms with E-state index in [9.17, 15) is 19.2 Å². The Morgan fingerprint density at radius 1 is 0.815 bits per heavy atom. The van der Waals surface area contributed by atoms with Crippen LogP contribution in [0.5, 0.6) is 0 Å². The summed E-state index contributed by atoms with van der Waals surface area (Å²) in [4.78, 5) is 49.2. The number of nitrogens with zero attached hydrogens (tertiary/aromatic N) is 1. The molecule has 0 N–H and O–H groups in total. The zero-order chi connectivity index (χ0) is 19.2. The van der Waals surface area contributed by atoms with Crippen LogP contribution in [0.2, 0.25) is 0 Å². The van der Waals surface area contributed by atoms with Crippen LogP contribution in [0.3, 0.4) is 0 Å². The minimum Gasteiger partial charge on any atom is -0.455 e. The number of fused-ring (bicyclic) bond motifs is 1. The summed E-state index contributed by atoms with van der Waals surface area (Å²) in [5, 5.41) is 0. The molecular weight excluding hydrogens is 346 g/mol. The van der Waals surface area contributed by atoms with E-state index in [0.29, 0.717) is 24.0 Å². The van der Waals surface area contributed by atoms with Crippen molar-refractivity contribution in [2.24, 2.45) is 0 Å². The van der Waals surface area contributed by atoms with Crippen molar-refractivity contribution < 1.29 is 23.9 Å². The van der Waals surface area contributed by atoms with E-state index in [0.717, 1.165) is 5.56 Å². The number of ether oxygens (including phenoxy) is 1. The van der Waals surface area contributed by atoms with E-state index in [-0.39, 0.29) is 31.4 Å². The molecule has 0 saturated carbocycles. The summed E-state index contributed by atoms with van der Waals surface area (Å²) in [6.07, 6.45) is 0.868. The molecule has 0 radical (unpaired) electrons. The summed E-state index contributed by atoms with van der Waals surface area (Å²) < 4.78 is 4.99. The monoisotopic (exact) mass is 365 g/mol. The van der Waals surface area contributed by atoms with Gasteiger partial charge in [-0.3, -0.25) is 19.3 Å². The van der Waals surface area contributed by atoms with E-state index < -0.39 is 11.8 Å². The molecule has 1 aliphatic heterocycles. The van der Waals surface area contributed by atoms with Crippen molar-refractivity contribution in [3.05, 3.63) is 71.3 Å². The number of amides is 2. The summed E-state index contributed by atoms with van der Waals surface area (Å²) in [6, 6.07) is 15.8. The molecule has 1 heterocycles. The van der Waals surface area contributed by atoms with Crippen LogP contribution in [-0.2, 0) is 20.9 Å². The number of ketones is 1. The third-order valence-corrected chi connectivity index (χ3v) is 4.35. The van der Waals surface area contributed by atoms with E-state index in [1.165, 1.54) is 4.90 Å². The summed E-state index contributed by atoms with van der Waals surface area (Å²) in [5.74, 6) is -2.10. The van der Waals surface area contributed by atoms with Crippen LogP contribution in [0.1, 0.15) is 45.5 Å². The molecule has 3 rings (SSSR count). The molecule has 1 aliphatic rings. The lowest BCUT2D eigenvalue weighted by molar-refractivity contribution is -0.154. The first-order valence-electron chi connectivity index (χ1n) is 8.77. The van der Waals surface area contributed by atoms with Gasteiger partial charge in [0, 0.05) is 13.0 Å². The fraction of sp³-hybridized carbons (Fsp3) is 0.238. The van der Waals surface area contributed by atoms with Gasteiger partial charge in [0.05, 0.1) is 11.1 Å². The molecule has 2 amide bonds. The highest BCUT2D eigenvalue weighted by Crippen LogP contribution is 2.22. The average molecular weight is 365 g/mol. The van der Waals surface area contributed by atoms with Crippen molar-refractivity contribution in [3.63, 3.8) is 0 Å². The topological polar surface area (TPSA) is 80.8 Å². The molecule has 2 aromatic rings. The lowest BCUT2D eigenvalue weighted by Gasteiger charge is -2.13. The fourth-order valence-corrected chi connectivity index (χ4v) is 2.90. The minimum atomic E-state index is -0.861. The van der Waals surface area contributed by atoms with Crippen LogP contribution in [-0.4, -0.2) is 35.0 Å². The maximum atomic E-state index is 12.2. The molecule has 0 unspecified atom stereocenters. The Kier molecular flexibility index (Phi) is 5.76. The lowest BCUT2D eigenvalue weighted by Crippen LogP contribution is -2.30. The third-order valence-electron chi connectivity index (χ3n) is 4.35. The number of imide groups is 1. The Hall–Kier alpha value is -3.28. The van der Waals surface area contributed by atoms with E-state index in [4.69, 9.17) is 4.74 Å². The summed E-state index contributed by atoms with van der Waals surface area (Å²) in [7, 11) is 0. The predicted molar refractivity (Wildman–Crippen MR) is 96.9 cm³/mol. The van der Waals surface area contributed by atoms with E-state index in [2.05, 4.69) is 0 Å². The molecule has 0 saturated heterocycles. The molecule has 138 valence electrons. The van der Waals surface area contributed by atoms with Crippen LogP contribution in [0, 0.1) is 0 Å². The predicted octanol–water partition coefficient (Wildman–Crippen LogP) is 2.77. The number of rotatable bonds is 8. The summed E-state index contributed by atoms with van der Waals surface area (Å²) in [6.45, 7) is 0.277. The second kappa shape index (κ2) is 8.40. The van der Waals surface area contributed by atoms with Gasteiger partial charge in [0.25, 0.3) is 11.8 Å². The average Bonchev–Trinajstić information content (AvgIpc) is 2.95. The second-order valence-electron chi connectivity index (χ2n) is 6.25. The second-order valence-corrected chi connectivity index (χ2v) is 6.25. The maximum Gasteiger partial charge on any atom is 0.374 e. The van der Waals surface area contributed by atoms with Gasteiger partial charge < -0.3 is 4.74 Å². The molecule has 0 fully saturated rings. The van der Waals surface area contributed by atoms with Crippen LogP contribution >= 0.6 is 0 Å². The molecule has 0 bridgehead atoms. The number of carbonyl (C=O) groups excluding carboxylic acids is 4. The highest BCUT2D eigenvalue weighted by molar-refractivity contribution is 6.33. The quantitative estimate of drug-likeness (QED) is 0.311. The smallest absolute Gasteiger partial charge is 0.374 e. The van der Waals surface area contributed by atoms with E-state index in [1.54, 1.807) is 36.4 Å². The highest BCUT2D eigenvalue weighted by Gasteiger charge is 2.34. The molecule has 2 aromatic carbocycles. The molecule has 0 atom stereocenters. The first-order valence-corrected chi connectivity index (χ1v) is 8.77. The molecule has 27 heavy (non-hydrogen) atoms. The number of hydrogen-bond donors (Lipinski definition) is 0. The van der Waals surface area contributed by atoms with Crippen molar-refractivity contribution in [1.29, 1.82) is 0 Å². The van der Waals surface area contributed by atoms with Gasteiger partial charge in [-0.2, -0.15) is 0 Å². The van der Waals surface area contributed by atoms with Gasteiger partial charge in [-0.15, -0.1) is 0 Å². The Labute approximate surface area is 156 Å². The van der Waals surface area contributed by atoms with Crippen molar-refractivity contribution in [1.82, 2.24) is 4.90 Å².